The topological polar surface area (TPSA) is 92.0 Å². The molecule has 0 saturated carbocycles. The van der Waals surface area contributed by atoms with Gasteiger partial charge in [0.05, 0.1) is 12.8 Å². The lowest BCUT2D eigenvalue weighted by Gasteiger charge is -2.16. The van der Waals surface area contributed by atoms with E-state index < -0.39 is 0 Å². The minimum atomic E-state index is 0.116. The van der Waals surface area contributed by atoms with Crippen molar-refractivity contribution in [3.63, 3.8) is 0 Å². The number of furan rings is 1. The van der Waals surface area contributed by atoms with Crippen molar-refractivity contribution in [2.24, 2.45) is 0 Å². The maximum atomic E-state index is 9.03. The van der Waals surface area contributed by atoms with Crippen LogP contribution in [0.3, 0.4) is 0 Å². The number of hydrogen-bond acceptors (Lipinski definition) is 6. The van der Waals surface area contributed by atoms with Crippen molar-refractivity contribution in [3.8, 4) is 5.97 Å². The van der Waals surface area contributed by atoms with Crippen LogP contribution in [0, 0.1) is 11.2 Å². The normalized spacial score (nSPS) is 14.5. The Labute approximate surface area is 139 Å². The van der Waals surface area contributed by atoms with E-state index in [-0.39, 0.29) is 6.71 Å². The number of allylic oxidation sites excluding steroid dienone is 2. The fourth-order valence-corrected chi connectivity index (χ4v) is 2.95. The van der Waals surface area contributed by atoms with Crippen molar-refractivity contribution in [2.45, 2.75) is 25.6 Å². The third-order valence-electron chi connectivity index (χ3n) is 4.27. The Kier molecular flexibility index (Phi) is 3.75. The Balaban J connectivity index is 1.63. The van der Waals surface area contributed by atoms with Gasteiger partial charge in [-0.25, -0.2) is 10.2 Å². The van der Waals surface area contributed by atoms with Crippen LogP contribution in [-0.2, 0) is 6.54 Å². The van der Waals surface area contributed by atoms with Crippen LogP contribution < -0.4 is 5.32 Å². The Morgan fingerprint density at radius 2 is 2.42 bits per heavy atom. The molecule has 118 valence electrons. The molecule has 0 spiro atoms. The van der Waals surface area contributed by atoms with E-state index >= 15 is 0 Å². The lowest BCUT2D eigenvalue weighted by molar-refractivity contribution is 0.517. The van der Waals surface area contributed by atoms with Gasteiger partial charge in [-0.1, -0.05) is 12.4 Å². The van der Waals surface area contributed by atoms with Gasteiger partial charge in [-0.3, -0.25) is 4.40 Å². The molecule has 3 aromatic rings. The molecule has 0 saturated heterocycles. The van der Waals surface area contributed by atoms with Gasteiger partial charge in [0.2, 0.25) is 5.95 Å². The zero-order chi connectivity index (χ0) is 16.4. The van der Waals surface area contributed by atoms with Crippen molar-refractivity contribution < 1.29 is 4.42 Å². The second kappa shape index (κ2) is 6.20. The lowest BCUT2D eigenvalue weighted by Crippen LogP contribution is -2.13. The van der Waals surface area contributed by atoms with Gasteiger partial charge in [0.25, 0.3) is 6.71 Å². The van der Waals surface area contributed by atoms with E-state index in [1.807, 2.05) is 22.7 Å². The van der Waals surface area contributed by atoms with Crippen LogP contribution in [0.4, 0.5) is 5.95 Å². The van der Waals surface area contributed by atoms with E-state index in [9.17, 15) is 0 Å². The Morgan fingerprint density at radius 3 is 3.17 bits per heavy atom. The zero-order valence-electron chi connectivity index (χ0n) is 13.0. The minimum absolute atomic E-state index is 0.116. The molecule has 0 amide bonds. The number of hydrogen-bond donors (Lipinski definition) is 1. The summed E-state index contributed by atoms with van der Waals surface area (Å²) in [6, 6.07) is 3.76. The van der Waals surface area contributed by atoms with Crippen LogP contribution in [0.2, 0.25) is 12.6 Å². The summed E-state index contributed by atoms with van der Waals surface area (Å²) in [7, 11) is 0. The quantitative estimate of drug-likeness (QED) is 0.744. The summed E-state index contributed by atoms with van der Waals surface area (Å²) >= 11 is 0. The fourth-order valence-electron chi connectivity index (χ4n) is 2.95. The first-order valence-electron chi connectivity index (χ1n) is 7.89. The van der Waals surface area contributed by atoms with E-state index in [1.165, 1.54) is 5.57 Å². The van der Waals surface area contributed by atoms with Gasteiger partial charge in [-0.2, -0.15) is 0 Å². The Bertz CT molecular complexity index is 924. The fraction of sp³-hybridized carbons (Fsp3) is 0.250. The van der Waals surface area contributed by atoms with E-state index in [4.69, 9.17) is 9.68 Å². The highest BCUT2D eigenvalue weighted by atomic mass is 16.3. The molecule has 4 rings (SSSR count). The molecule has 1 aliphatic rings. The first-order chi connectivity index (χ1) is 11.8. The SMILES string of the molecule is N#CB1CC=C(c2cnc(NCc3ccco3)n3cnnc23)CC1. The van der Waals surface area contributed by atoms with E-state index in [2.05, 4.69) is 32.5 Å². The van der Waals surface area contributed by atoms with Gasteiger partial charge >= 0.3 is 0 Å². The van der Waals surface area contributed by atoms with E-state index in [1.54, 1.807) is 12.6 Å². The molecule has 0 radical (unpaired) electrons. The summed E-state index contributed by atoms with van der Waals surface area (Å²) in [5, 5.41) is 20.5. The highest BCUT2D eigenvalue weighted by Crippen LogP contribution is 2.29. The van der Waals surface area contributed by atoms with Crippen molar-refractivity contribution in [3.05, 3.63) is 48.3 Å². The van der Waals surface area contributed by atoms with Gasteiger partial charge in [-0.15, -0.1) is 10.2 Å². The summed E-state index contributed by atoms with van der Waals surface area (Å²) in [4.78, 5) is 4.52. The third-order valence-corrected chi connectivity index (χ3v) is 4.27. The molecule has 1 N–H and O–H groups in total. The summed E-state index contributed by atoms with van der Waals surface area (Å²) in [5.74, 6) is 3.84. The molecule has 0 unspecified atom stereocenters. The van der Waals surface area contributed by atoms with Gasteiger partial charge < -0.3 is 9.73 Å². The second-order valence-corrected chi connectivity index (χ2v) is 5.78. The number of nitrogens with one attached hydrogen (secondary N) is 1. The molecule has 0 fully saturated rings. The molecule has 0 atom stereocenters. The molecule has 7 nitrogen and oxygen atoms in total. The van der Waals surface area contributed by atoms with Gasteiger partial charge in [0, 0.05) is 17.7 Å². The number of fused-ring (bicyclic) bond motifs is 1. The summed E-state index contributed by atoms with van der Waals surface area (Å²) < 4.78 is 7.16. The summed E-state index contributed by atoms with van der Waals surface area (Å²) in [6.45, 7) is 0.656. The van der Waals surface area contributed by atoms with Crippen LogP contribution in [0.25, 0.3) is 11.2 Å². The zero-order valence-corrected chi connectivity index (χ0v) is 13.0. The predicted octanol–water partition coefficient (Wildman–Crippen LogP) is 2.67. The molecule has 0 aliphatic carbocycles. The first kappa shape index (κ1) is 14.5. The highest BCUT2D eigenvalue weighted by Gasteiger charge is 2.21. The smallest absolute Gasteiger partial charge is 0.271 e. The van der Waals surface area contributed by atoms with Crippen molar-refractivity contribution >= 4 is 23.9 Å². The molecule has 3 aromatic heterocycles. The third kappa shape index (κ3) is 2.65. The number of anilines is 1. The highest BCUT2D eigenvalue weighted by molar-refractivity contribution is 6.67. The maximum Gasteiger partial charge on any atom is 0.271 e. The largest absolute Gasteiger partial charge is 0.467 e. The standard InChI is InChI=1S/C16H15BN6O/c18-10-17-5-3-12(4-6-17)14-9-20-16(23-11-21-22-15(14)23)19-8-13-2-1-7-24-13/h1-3,7,9,11H,4-6,8H2,(H,19,20). The molecule has 24 heavy (non-hydrogen) atoms. The first-order valence-corrected chi connectivity index (χ1v) is 7.89. The van der Waals surface area contributed by atoms with Gasteiger partial charge in [0.1, 0.15) is 12.1 Å². The summed E-state index contributed by atoms with van der Waals surface area (Å²) in [5.41, 5.74) is 2.94. The van der Waals surface area contributed by atoms with Crippen molar-refractivity contribution in [1.29, 1.82) is 5.26 Å². The summed E-state index contributed by atoms with van der Waals surface area (Å²) in [6.07, 6.45) is 9.77. The second-order valence-electron chi connectivity index (χ2n) is 5.78. The molecule has 8 heteroatoms. The van der Waals surface area contributed by atoms with Crippen molar-refractivity contribution in [1.82, 2.24) is 19.6 Å². The Morgan fingerprint density at radius 1 is 1.46 bits per heavy atom. The van der Waals surface area contributed by atoms with Crippen molar-refractivity contribution in [2.75, 3.05) is 5.32 Å². The molecule has 0 aromatic carbocycles. The number of aromatic nitrogens is 4. The minimum Gasteiger partial charge on any atom is -0.467 e. The molecular weight excluding hydrogens is 303 g/mol. The number of nitriles is 1. The van der Waals surface area contributed by atoms with Crippen LogP contribution in [0.5, 0.6) is 0 Å². The van der Waals surface area contributed by atoms with E-state index in [0.29, 0.717) is 12.5 Å². The molecular formula is C16H15BN6O. The maximum absolute atomic E-state index is 9.03. The average Bonchev–Trinajstić information content (AvgIpc) is 3.31. The lowest BCUT2D eigenvalue weighted by atomic mass is 9.43. The van der Waals surface area contributed by atoms with Crippen LogP contribution in [-0.4, -0.2) is 26.3 Å². The van der Waals surface area contributed by atoms with Gasteiger partial charge in [0.15, 0.2) is 5.65 Å². The monoisotopic (exact) mass is 318 g/mol. The number of rotatable bonds is 4. The van der Waals surface area contributed by atoms with E-state index in [0.717, 1.165) is 36.0 Å². The number of nitrogens with zero attached hydrogens (tertiary/aromatic N) is 5. The van der Waals surface area contributed by atoms with Gasteiger partial charge in [-0.05, 0) is 30.4 Å². The van der Waals surface area contributed by atoms with Crippen LogP contribution in [0.1, 0.15) is 17.7 Å². The molecule has 1 aliphatic heterocycles. The van der Waals surface area contributed by atoms with Crippen LogP contribution >= 0.6 is 0 Å². The molecule has 0 bridgehead atoms. The van der Waals surface area contributed by atoms with Crippen LogP contribution in [0.15, 0.2) is 41.4 Å². The Hall–Kier alpha value is -3.08. The average molecular weight is 318 g/mol. The predicted molar refractivity (Wildman–Crippen MR) is 90.4 cm³/mol. The molecule has 4 heterocycles.